The number of benzene rings is 1. The lowest BCUT2D eigenvalue weighted by atomic mass is 10.1. The maximum Gasteiger partial charge on any atom is 0.246 e. The third-order valence-electron chi connectivity index (χ3n) is 4.78. The fraction of sp³-hybridized carbons (Fsp3) is 0.381. The van der Waals surface area contributed by atoms with Gasteiger partial charge in [-0.3, -0.25) is 14.6 Å². The summed E-state index contributed by atoms with van der Waals surface area (Å²) in [5.41, 5.74) is 1.90. The third kappa shape index (κ3) is 5.87. The van der Waals surface area contributed by atoms with Crippen LogP contribution in [-0.2, 0) is 27.5 Å². The highest BCUT2D eigenvalue weighted by atomic mass is 16.5. The minimum Gasteiger partial charge on any atom is -0.391 e. The van der Waals surface area contributed by atoms with Crippen LogP contribution < -0.4 is 10.6 Å². The number of aromatic nitrogens is 1. The number of aliphatic hydroxyl groups is 1. The predicted molar refractivity (Wildman–Crippen MR) is 103 cm³/mol. The van der Waals surface area contributed by atoms with E-state index in [1.165, 1.54) is 0 Å². The zero-order valence-corrected chi connectivity index (χ0v) is 15.6. The zero-order valence-electron chi connectivity index (χ0n) is 15.6. The summed E-state index contributed by atoms with van der Waals surface area (Å²) in [5.74, 6) is -0.751. The molecule has 7 heteroatoms. The van der Waals surface area contributed by atoms with Crippen molar-refractivity contribution in [1.82, 2.24) is 15.6 Å². The van der Waals surface area contributed by atoms with E-state index in [0.717, 1.165) is 11.1 Å². The molecule has 1 aromatic carbocycles. The van der Waals surface area contributed by atoms with Crippen molar-refractivity contribution >= 4 is 11.8 Å². The van der Waals surface area contributed by atoms with Crippen LogP contribution in [0, 0.1) is 5.92 Å². The lowest BCUT2D eigenvalue weighted by Gasteiger charge is -2.16. The van der Waals surface area contributed by atoms with E-state index in [-0.39, 0.29) is 24.3 Å². The molecule has 1 fully saturated rings. The normalized spacial score (nSPS) is 21.2. The molecule has 0 bridgehead atoms. The van der Waals surface area contributed by atoms with Crippen molar-refractivity contribution in [2.24, 2.45) is 5.92 Å². The van der Waals surface area contributed by atoms with Crippen molar-refractivity contribution < 1.29 is 19.4 Å². The molecule has 1 aromatic heterocycles. The van der Waals surface area contributed by atoms with E-state index in [4.69, 9.17) is 4.74 Å². The monoisotopic (exact) mass is 383 g/mol. The van der Waals surface area contributed by atoms with Gasteiger partial charge in [-0.1, -0.05) is 36.4 Å². The molecule has 2 amide bonds. The lowest BCUT2D eigenvalue weighted by molar-refractivity contribution is -0.128. The van der Waals surface area contributed by atoms with Crippen LogP contribution in [0.3, 0.4) is 0 Å². The SMILES string of the molecule is O=C(COCc1ccccc1)N[C@@H]1C[C@H](C(=O)NCc2cccnc2)C[C@H]1O. The second kappa shape index (κ2) is 9.96. The van der Waals surface area contributed by atoms with Crippen LogP contribution >= 0.6 is 0 Å². The maximum atomic E-state index is 12.3. The van der Waals surface area contributed by atoms with E-state index in [1.54, 1.807) is 12.4 Å². The lowest BCUT2D eigenvalue weighted by Crippen LogP contribution is -2.41. The van der Waals surface area contributed by atoms with Gasteiger partial charge in [-0.05, 0) is 30.0 Å². The van der Waals surface area contributed by atoms with Gasteiger partial charge < -0.3 is 20.5 Å². The van der Waals surface area contributed by atoms with Gasteiger partial charge in [0, 0.05) is 24.9 Å². The first-order chi connectivity index (χ1) is 13.6. The van der Waals surface area contributed by atoms with Gasteiger partial charge in [-0.25, -0.2) is 0 Å². The van der Waals surface area contributed by atoms with Gasteiger partial charge >= 0.3 is 0 Å². The number of hydrogen-bond donors (Lipinski definition) is 3. The average Bonchev–Trinajstić information content (AvgIpc) is 3.08. The van der Waals surface area contributed by atoms with Gasteiger partial charge in [0.15, 0.2) is 0 Å². The second-order valence-electron chi connectivity index (χ2n) is 6.97. The molecule has 3 atom stereocenters. The second-order valence-corrected chi connectivity index (χ2v) is 6.97. The summed E-state index contributed by atoms with van der Waals surface area (Å²) in [6.45, 7) is 0.653. The molecule has 0 aliphatic heterocycles. The van der Waals surface area contributed by atoms with Crippen LogP contribution in [-0.4, -0.2) is 40.7 Å². The highest BCUT2D eigenvalue weighted by Gasteiger charge is 2.37. The van der Waals surface area contributed by atoms with E-state index >= 15 is 0 Å². The molecule has 2 aromatic rings. The molecule has 1 aliphatic carbocycles. The Morgan fingerprint density at radius 1 is 1.11 bits per heavy atom. The van der Waals surface area contributed by atoms with Crippen LogP contribution in [0.15, 0.2) is 54.9 Å². The highest BCUT2D eigenvalue weighted by Crippen LogP contribution is 2.26. The molecule has 0 spiro atoms. The van der Waals surface area contributed by atoms with Gasteiger partial charge in [-0.2, -0.15) is 0 Å². The van der Waals surface area contributed by atoms with E-state index in [2.05, 4.69) is 15.6 Å². The number of amides is 2. The number of rotatable bonds is 8. The smallest absolute Gasteiger partial charge is 0.246 e. The van der Waals surface area contributed by atoms with Crippen LogP contribution in [0.25, 0.3) is 0 Å². The van der Waals surface area contributed by atoms with Gasteiger partial charge in [0.1, 0.15) is 6.61 Å². The van der Waals surface area contributed by atoms with Crippen molar-refractivity contribution in [2.45, 2.75) is 38.1 Å². The van der Waals surface area contributed by atoms with E-state index in [1.807, 2.05) is 42.5 Å². The standard InChI is InChI=1S/C21H25N3O4/c25-19-10-17(21(27)23-12-16-7-4-8-22-11-16)9-18(19)24-20(26)14-28-13-15-5-2-1-3-6-15/h1-8,11,17-19,25H,9-10,12-14H2,(H,23,27)(H,24,26)/t17-,18+,19+/m0/s1. The van der Waals surface area contributed by atoms with Crippen molar-refractivity contribution in [2.75, 3.05) is 6.61 Å². The average molecular weight is 383 g/mol. The van der Waals surface area contributed by atoms with Gasteiger partial charge in [0.2, 0.25) is 11.8 Å². The van der Waals surface area contributed by atoms with Crippen LogP contribution in [0.1, 0.15) is 24.0 Å². The van der Waals surface area contributed by atoms with Crippen molar-refractivity contribution in [1.29, 1.82) is 0 Å². The summed E-state index contributed by atoms with van der Waals surface area (Å²) in [6, 6.07) is 12.8. The number of aliphatic hydroxyl groups excluding tert-OH is 1. The summed E-state index contributed by atoms with van der Waals surface area (Å²) in [5, 5.41) is 15.8. The molecule has 1 saturated carbocycles. The van der Waals surface area contributed by atoms with Crippen molar-refractivity contribution in [3.63, 3.8) is 0 Å². The first kappa shape index (κ1) is 20.0. The minimum atomic E-state index is -0.743. The molecule has 0 radical (unpaired) electrons. The predicted octanol–water partition coefficient (Wildman–Crippen LogP) is 1.17. The van der Waals surface area contributed by atoms with Crippen LogP contribution in [0.5, 0.6) is 0 Å². The Hall–Kier alpha value is -2.77. The Bertz CT molecular complexity index is 770. The van der Waals surface area contributed by atoms with E-state index < -0.39 is 12.1 Å². The Morgan fingerprint density at radius 3 is 2.64 bits per heavy atom. The molecule has 3 N–H and O–H groups in total. The van der Waals surface area contributed by atoms with Crippen molar-refractivity contribution in [3.8, 4) is 0 Å². The fourth-order valence-corrected chi connectivity index (χ4v) is 3.31. The molecule has 1 heterocycles. The highest BCUT2D eigenvalue weighted by molar-refractivity contribution is 5.80. The van der Waals surface area contributed by atoms with Gasteiger partial charge in [0.05, 0.1) is 18.8 Å². The summed E-state index contributed by atoms with van der Waals surface area (Å²) in [6.07, 6.45) is 3.36. The number of hydrogen-bond acceptors (Lipinski definition) is 5. The number of carbonyl (C=O) groups is 2. The molecule has 28 heavy (non-hydrogen) atoms. The molecule has 0 saturated heterocycles. The molecule has 7 nitrogen and oxygen atoms in total. The number of pyridine rings is 1. The van der Waals surface area contributed by atoms with Gasteiger partial charge in [0.25, 0.3) is 0 Å². The third-order valence-corrected chi connectivity index (χ3v) is 4.78. The maximum absolute atomic E-state index is 12.3. The van der Waals surface area contributed by atoms with E-state index in [9.17, 15) is 14.7 Å². The number of nitrogens with zero attached hydrogens (tertiary/aromatic N) is 1. The zero-order chi connectivity index (χ0) is 19.8. The fourth-order valence-electron chi connectivity index (χ4n) is 3.31. The summed E-state index contributed by atoms with van der Waals surface area (Å²) >= 11 is 0. The molecule has 3 rings (SSSR count). The number of carbonyl (C=O) groups excluding carboxylic acids is 2. The van der Waals surface area contributed by atoms with E-state index in [0.29, 0.717) is 26.0 Å². The quantitative estimate of drug-likeness (QED) is 0.635. The Kier molecular flexibility index (Phi) is 7.11. The Labute approximate surface area is 164 Å². The Morgan fingerprint density at radius 2 is 1.89 bits per heavy atom. The summed E-state index contributed by atoms with van der Waals surface area (Å²) in [7, 11) is 0. The first-order valence-electron chi connectivity index (χ1n) is 9.37. The van der Waals surface area contributed by atoms with Crippen molar-refractivity contribution in [3.05, 3.63) is 66.0 Å². The summed E-state index contributed by atoms with van der Waals surface area (Å²) in [4.78, 5) is 28.4. The summed E-state index contributed by atoms with van der Waals surface area (Å²) < 4.78 is 5.41. The molecular weight excluding hydrogens is 358 g/mol. The molecular formula is C21H25N3O4. The number of ether oxygens (including phenoxy) is 1. The molecule has 0 unspecified atom stereocenters. The van der Waals surface area contributed by atoms with Crippen LogP contribution in [0.2, 0.25) is 0 Å². The molecule has 148 valence electrons. The first-order valence-corrected chi connectivity index (χ1v) is 9.37. The largest absolute Gasteiger partial charge is 0.391 e. The number of nitrogens with one attached hydrogen (secondary N) is 2. The van der Waals surface area contributed by atoms with Gasteiger partial charge in [-0.15, -0.1) is 0 Å². The molecule has 1 aliphatic rings. The topological polar surface area (TPSA) is 101 Å². The van der Waals surface area contributed by atoms with Crippen LogP contribution in [0.4, 0.5) is 0 Å². The Balaban J connectivity index is 1.39. The minimum absolute atomic E-state index is 0.0873.